The summed E-state index contributed by atoms with van der Waals surface area (Å²) in [5, 5.41) is 0.614. The summed E-state index contributed by atoms with van der Waals surface area (Å²) >= 11 is 7.08. The maximum Gasteiger partial charge on any atom is 0.426 e. The van der Waals surface area contributed by atoms with Gasteiger partial charge in [0.2, 0.25) is 0 Å². The Morgan fingerprint density at radius 3 is 2.65 bits per heavy atom. The third-order valence-electron chi connectivity index (χ3n) is 2.38. The van der Waals surface area contributed by atoms with E-state index in [0.717, 1.165) is 16.9 Å². The largest absolute Gasteiger partial charge is 0.443 e. The molecule has 2 aromatic rings. The van der Waals surface area contributed by atoms with Crippen molar-refractivity contribution in [3.05, 3.63) is 34.6 Å². The average molecular weight is 355 g/mol. The first-order valence-corrected chi connectivity index (χ1v) is 7.82. The van der Waals surface area contributed by atoms with Crippen molar-refractivity contribution in [1.29, 1.82) is 0 Å². The van der Waals surface area contributed by atoms with E-state index in [2.05, 4.69) is 20.8 Å². The van der Waals surface area contributed by atoms with Gasteiger partial charge in [-0.1, -0.05) is 11.6 Å². The van der Waals surface area contributed by atoms with Gasteiger partial charge >= 0.3 is 6.09 Å². The normalized spacial score (nSPS) is 11.0. The SMILES string of the molecule is CC(C)(C)OC(=O)NNC(=O)c1sc(-c2cccnc2)nc1Cl. The Morgan fingerprint density at radius 2 is 2.04 bits per heavy atom. The fourth-order valence-corrected chi connectivity index (χ4v) is 2.70. The van der Waals surface area contributed by atoms with E-state index in [1.54, 1.807) is 39.2 Å². The predicted octanol–water partition coefficient (Wildman–Crippen LogP) is 3.03. The van der Waals surface area contributed by atoms with Crippen molar-refractivity contribution in [3.63, 3.8) is 0 Å². The highest BCUT2D eigenvalue weighted by atomic mass is 35.5. The second kappa shape index (κ2) is 6.93. The number of hydrogen-bond acceptors (Lipinski definition) is 6. The van der Waals surface area contributed by atoms with Crippen LogP contribution in [0.4, 0.5) is 4.79 Å². The molecule has 0 aliphatic heterocycles. The van der Waals surface area contributed by atoms with E-state index in [4.69, 9.17) is 16.3 Å². The lowest BCUT2D eigenvalue weighted by Crippen LogP contribution is -2.44. The smallest absolute Gasteiger partial charge is 0.426 e. The number of halogens is 1. The first kappa shape index (κ1) is 17.2. The molecule has 23 heavy (non-hydrogen) atoms. The van der Waals surface area contributed by atoms with Gasteiger partial charge in [-0.2, -0.15) is 0 Å². The standard InChI is InChI=1S/C14H15ClN4O3S/c1-14(2,3)22-13(21)19-18-11(20)9-10(15)17-12(23-9)8-5-4-6-16-7-8/h4-7H,1-3H3,(H,18,20)(H,19,21). The minimum absolute atomic E-state index is 0.0531. The monoisotopic (exact) mass is 354 g/mol. The Balaban J connectivity index is 2.03. The zero-order valence-electron chi connectivity index (χ0n) is 12.7. The zero-order valence-corrected chi connectivity index (χ0v) is 14.3. The minimum atomic E-state index is -0.765. The van der Waals surface area contributed by atoms with Crippen molar-refractivity contribution in [3.8, 4) is 10.6 Å². The molecule has 0 bridgehead atoms. The minimum Gasteiger partial charge on any atom is -0.443 e. The molecule has 0 aliphatic carbocycles. The second-order valence-electron chi connectivity index (χ2n) is 5.46. The van der Waals surface area contributed by atoms with E-state index in [9.17, 15) is 9.59 Å². The molecular weight excluding hydrogens is 340 g/mol. The quantitative estimate of drug-likeness (QED) is 0.808. The molecular formula is C14H15ClN4O3S. The van der Waals surface area contributed by atoms with Gasteiger partial charge in [-0.15, -0.1) is 11.3 Å². The number of amides is 2. The highest BCUT2D eigenvalue weighted by molar-refractivity contribution is 7.17. The van der Waals surface area contributed by atoms with Gasteiger partial charge in [0, 0.05) is 18.0 Å². The van der Waals surface area contributed by atoms with Gasteiger partial charge in [-0.25, -0.2) is 15.2 Å². The highest BCUT2D eigenvalue weighted by Crippen LogP contribution is 2.30. The summed E-state index contributed by atoms with van der Waals surface area (Å²) in [7, 11) is 0. The van der Waals surface area contributed by atoms with Crippen LogP contribution in [0.3, 0.4) is 0 Å². The van der Waals surface area contributed by atoms with Gasteiger partial charge in [-0.05, 0) is 32.9 Å². The topological polar surface area (TPSA) is 93.2 Å². The number of ether oxygens (including phenoxy) is 1. The van der Waals surface area contributed by atoms with Crippen molar-refractivity contribution in [2.75, 3.05) is 0 Å². The van der Waals surface area contributed by atoms with Crippen molar-refractivity contribution in [2.45, 2.75) is 26.4 Å². The highest BCUT2D eigenvalue weighted by Gasteiger charge is 2.20. The van der Waals surface area contributed by atoms with E-state index in [-0.39, 0.29) is 10.0 Å². The first-order chi connectivity index (χ1) is 10.8. The number of pyridine rings is 1. The zero-order chi connectivity index (χ0) is 17.0. The third kappa shape index (κ3) is 4.90. The summed E-state index contributed by atoms with van der Waals surface area (Å²) in [5.74, 6) is -0.575. The molecule has 0 fully saturated rings. The van der Waals surface area contributed by atoms with Crippen LogP contribution in [0.15, 0.2) is 24.5 Å². The number of aromatic nitrogens is 2. The predicted molar refractivity (Wildman–Crippen MR) is 87.2 cm³/mol. The lowest BCUT2D eigenvalue weighted by atomic mass is 10.2. The summed E-state index contributed by atoms with van der Waals surface area (Å²) in [6.07, 6.45) is 2.49. The van der Waals surface area contributed by atoms with Gasteiger partial charge in [0.15, 0.2) is 5.15 Å². The fourth-order valence-electron chi connectivity index (χ4n) is 1.52. The van der Waals surface area contributed by atoms with Gasteiger partial charge in [0.25, 0.3) is 5.91 Å². The molecule has 9 heteroatoms. The molecule has 0 atom stereocenters. The number of hydrogen-bond donors (Lipinski definition) is 2. The van der Waals surface area contributed by atoms with Crippen LogP contribution in [0.25, 0.3) is 10.6 Å². The van der Waals surface area contributed by atoms with Crippen LogP contribution >= 0.6 is 22.9 Å². The molecule has 0 unspecified atom stereocenters. The van der Waals surface area contributed by atoms with Gasteiger partial charge in [0.05, 0.1) is 0 Å². The molecule has 122 valence electrons. The number of hydrazine groups is 1. The number of carbonyl (C=O) groups excluding carboxylic acids is 2. The van der Waals surface area contributed by atoms with E-state index < -0.39 is 17.6 Å². The lowest BCUT2D eigenvalue weighted by Gasteiger charge is -2.19. The molecule has 0 aliphatic rings. The Morgan fingerprint density at radius 1 is 1.30 bits per heavy atom. The molecule has 7 nitrogen and oxygen atoms in total. The van der Waals surface area contributed by atoms with Crippen LogP contribution in [0.1, 0.15) is 30.4 Å². The number of carbonyl (C=O) groups is 2. The van der Waals surface area contributed by atoms with Crippen molar-refractivity contribution < 1.29 is 14.3 Å². The number of rotatable bonds is 2. The number of thiazole rings is 1. The molecule has 0 aromatic carbocycles. The van der Waals surface area contributed by atoms with Gasteiger partial charge < -0.3 is 4.74 Å². The van der Waals surface area contributed by atoms with Crippen molar-refractivity contribution in [1.82, 2.24) is 20.8 Å². The third-order valence-corrected chi connectivity index (χ3v) is 3.87. The van der Waals surface area contributed by atoms with Crippen LogP contribution in [0, 0.1) is 0 Å². The van der Waals surface area contributed by atoms with E-state index in [0.29, 0.717) is 5.01 Å². The molecule has 2 amide bonds. The van der Waals surface area contributed by atoms with E-state index in [1.165, 1.54) is 0 Å². The van der Waals surface area contributed by atoms with Gasteiger partial charge in [0.1, 0.15) is 15.5 Å². The Labute approximate surface area is 142 Å². The molecule has 2 heterocycles. The summed E-state index contributed by atoms with van der Waals surface area (Å²) in [5.41, 5.74) is 4.48. The van der Waals surface area contributed by atoms with Crippen LogP contribution in [-0.4, -0.2) is 27.6 Å². The Hall–Kier alpha value is -2.19. The van der Waals surface area contributed by atoms with Gasteiger partial charge in [-0.3, -0.25) is 15.2 Å². The molecule has 0 spiro atoms. The molecule has 0 saturated heterocycles. The van der Waals surface area contributed by atoms with Crippen LogP contribution in [-0.2, 0) is 4.74 Å². The molecule has 2 aromatic heterocycles. The van der Waals surface area contributed by atoms with Crippen molar-refractivity contribution >= 4 is 34.9 Å². The summed E-state index contributed by atoms with van der Waals surface area (Å²) in [6.45, 7) is 5.15. The molecule has 2 rings (SSSR count). The lowest BCUT2D eigenvalue weighted by molar-refractivity contribution is 0.0484. The average Bonchev–Trinajstić information content (AvgIpc) is 2.86. The van der Waals surface area contributed by atoms with Crippen LogP contribution < -0.4 is 10.9 Å². The summed E-state index contributed by atoms with van der Waals surface area (Å²) in [6, 6.07) is 3.57. The Bertz CT molecular complexity index is 713. The van der Waals surface area contributed by atoms with Crippen LogP contribution in [0.5, 0.6) is 0 Å². The van der Waals surface area contributed by atoms with E-state index in [1.807, 2.05) is 6.07 Å². The van der Waals surface area contributed by atoms with E-state index >= 15 is 0 Å². The molecule has 2 N–H and O–H groups in total. The van der Waals surface area contributed by atoms with Crippen LogP contribution in [0.2, 0.25) is 5.15 Å². The second-order valence-corrected chi connectivity index (χ2v) is 6.82. The number of nitrogens with one attached hydrogen (secondary N) is 2. The fraction of sp³-hybridized carbons (Fsp3) is 0.286. The summed E-state index contributed by atoms with van der Waals surface area (Å²) < 4.78 is 5.01. The molecule has 0 saturated carbocycles. The number of nitrogens with zero attached hydrogens (tertiary/aromatic N) is 2. The maximum atomic E-state index is 12.1. The van der Waals surface area contributed by atoms with Crippen molar-refractivity contribution in [2.24, 2.45) is 0 Å². The summed E-state index contributed by atoms with van der Waals surface area (Å²) in [4.78, 5) is 31.9. The Kier molecular flexibility index (Phi) is 5.17. The molecule has 0 radical (unpaired) electrons. The maximum absolute atomic E-state index is 12.1. The first-order valence-electron chi connectivity index (χ1n) is 6.62.